The first-order valence-electron chi connectivity index (χ1n) is 10.8. The Bertz CT molecular complexity index is 1080. The molecule has 3 fully saturated rings. The lowest BCUT2D eigenvalue weighted by Gasteiger charge is -2.34. The largest absolute Gasteiger partial charge is 0.493 e. The molecule has 0 bridgehead atoms. The molecule has 33 heavy (non-hydrogen) atoms. The number of amides is 4. The fourth-order valence-corrected chi connectivity index (χ4v) is 5.77. The lowest BCUT2D eigenvalue weighted by molar-refractivity contribution is -0.139. The quantitative estimate of drug-likeness (QED) is 0.555. The highest BCUT2D eigenvalue weighted by Gasteiger charge is 2.56. The van der Waals surface area contributed by atoms with Crippen molar-refractivity contribution in [1.82, 2.24) is 19.4 Å². The molecule has 1 N–H and O–H groups in total. The number of urea groups is 1. The molecule has 2 aliphatic heterocycles. The molecular weight excluding hydrogens is 452 g/mol. The first kappa shape index (κ1) is 23.3. The average Bonchev–Trinajstić information content (AvgIpc) is 3.64. The fraction of sp³-hybridized carbons (Fsp3) is 0.571. The van der Waals surface area contributed by atoms with Gasteiger partial charge in [0, 0.05) is 32.2 Å². The van der Waals surface area contributed by atoms with Crippen LogP contribution in [0.25, 0.3) is 0 Å². The van der Waals surface area contributed by atoms with Crippen LogP contribution in [0.5, 0.6) is 11.5 Å². The lowest BCUT2D eigenvalue weighted by Crippen LogP contribution is -2.53. The highest BCUT2D eigenvalue weighted by atomic mass is 32.2. The number of rotatable bonds is 7. The van der Waals surface area contributed by atoms with Gasteiger partial charge in [-0.25, -0.2) is 13.2 Å². The zero-order chi connectivity index (χ0) is 24.0. The normalized spacial score (nSPS) is 24.1. The summed E-state index contributed by atoms with van der Waals surface area (Å²) >= 11 is 0. The summed E-state index contributed by atoms with van der Waals surface area (Å²) in [5.74, 6) is 0.0726. The Morgan fingerprint density at radius 2 is 1.73 bits per heavy atom. The van der Waals surface area contributed by atoms with E-state index < -0.39 is 21.6 Å². The summed E-state index contributed by atoms with van der Waals surface area (Å²) in [6.45, 7) is 1.87. The van der Waals surface area contributed by atoms with E-state index in [0.29, 0.717) is 11.5 Å². The summed E-state index contributed by atoms with van der Waals surface area (Å²) in [6, 6.07) is 3.82. The Balaban J connectivity index is 1.38. The molecule has 180 valence electrons. The molecule has 0 aromatic heterocycles. The van der Waals surface area contributed by atoms with E-state index >= 15 is 0 Å². The minimum absolute atomic E-state index is 0.0682. The molecule has 2 heterocycles. The Morgan fingerprint density at radius 1 is 1.09 bits per heavy atom. The summed E-state index contributed by atoms with van der Waals surface area (Å²) in [6.07, 6.45) is 1.75. The molecule has 1 atom stereocenters. The van der Waals surface area contributed by atoms with E-state index in [1.807, 2.05) is 0 Å². The van der Waals surface area contributed by atoms with Gasteiger partial charge in [-0.15, -0.1) is 0 Å². The topological polar surface area (TPSA) is 126 Å². The van der Waals surface area contributed by atoms with Crippen molar-refractivity contribution < 1.29 is 32.3 Å². The van der Waals surface area contributed by atoms with E-state index in [1.54, 1.807) is 6.92 Å². The van der Waals surface area contributed by atoms with Crippen LogP contribution < -0.4 is 14.8 Å². The van der Waals surface area contributed by atoms with Crippen LogP contribution >= 0.6 is 0 Å². The number of hydrogen-bond donors (Lipinski definition) is 1. The van der Waals surface area contributed by atoms with Gasteiger partial charge in [-0.1, -0.05) is 0 Å². The van der Waals surface area contributed by atoms with E-state index in [-0.39, 0.29) is 55.4 Å². The molecule has 4 amide bonds. The predicted octanol–water partition coefficient (Wildman–Crippen LogP) is 0.257. The van der Waals surface area contributed by atoms with Gasteiger partial charge >= 0.3 is 6.03 Å². The third-order valence-electron chi connectivity index (χ3n) is 6.57. The Morgan fingerprint density at radius 3 is 2.30 bits per heavy atom. The molecule has 11 nitrogen and oxygen atoms in total. The minimum Gasteiger partial charge on any atom is -0.493 e. The number of nitrogens with one attached hydrogen (secondary N) is 1. The van der Waals surface area contributed by atoms with Gasteiger partial charge in [0.1, 0.15) is 12.1 Å². The first-order chi connectivity index (χ1) is 15.6. The molecule has 0 unspecified atom stereocenters. The third kappa shape index (κ3) is 4.12. The molecule has 1 aromatic carbocycles. The predicted molar refractivity (Wildman–Crippen MR) is 116 cm³/mol. The highest BCUT2D eigenvalue weighted by Crippen LogP contribution is 2.42. The van der Waals surface area contributed by atoms with Gasteiger partial charge in [0.05, 0.1) is 19.1 Å². The van der Waals surface area contributed by atoms with Gasteiger partial charge in [0.2, 0.25) is 15.9 Å². The molecule has 1 aromatic rings. The van der Waals surface area contributed by atoms with Gasteiger partial charge in [-0.2, -0.15) is 4.31 Å². The summed E-state index contributed by atoms with van der Waals surface area (Å²) in [4.78, 5) is 40.3. The summed E-state index contributed by atoms with van der Waals surface area (Å²) in [5, 5.41) is 2.72. The molecule has 0 radical (unpaired) electrons. The molecule has 2 saturated heterocycles. The number of imide groups is 1. The SMILES string of the molecule is COc1ccc(S(=O)(=O)N2CCN(C(=O)CN3C(=O)N[C@@](C)(C4CC4)C3=O)CC2)cc1OC. The number of hydrogen-bond acceptors (Lipinski definition) is 7. The Labute approximate surface area is 192 Å². The van der Waals surface area contributed by atoms with E-state index in [2.05, 4.69) is 5.32 Å². The number of carbonyl (C=O) groups excluding carboxylic acids is 3. The maximum atomic E-state index is 13.1. The van der Waals surface area contributed by atoms with Gasteiger partial charge in [-0.05, 0) is 37.8 Å². The van der Waals surface area contributed by atoms with Crippen molar-refractivity contribution >= 4 is 27.9 Å². The monoisotopic (exact) mass is 480 g/mol. The van der Waals surface area contributed by atoms with Gasteiger partial charge < -0.3 is 19.7 Å². The van der Waals surface area contributed by atoms with Crippen molar-refractivity contribution in [2.75, 3.05) is 46.9 Å². The molecule has 3 aliphatic rings. The first-order valence-corrected chi connectivity index (χ1v) is 12.2. The molecular formula is C21H28N4O7S. The van der Waals surface area contributed by atoms with Crippen LogP contribution in [0.4, 0.5) is 4.79 Å². The van der Waals surface area contributed by atoms with Crippen LogP contribution in [-0.2, 0) is 19.6 Å². The number of benzene rings is 1. The second kappa shape index (κ2) is 8.49. The van der Waals surface area contributed by atoms with E-state index in [9.17, 15) is 22.8 Å². The Kier molecular flexibility index (Phi) is 5.99. The second-order valence-electron chi connectivity index (χ2n) is 8.60. The molecule has 12 heteroatoms. The minimum atomic E-state index is -3.80. The zero-order valence-corrected chi connectivity index (χ0v) is 19.7. The average molecular weight is 481 g/mol. The number of sulfonamides is 1. The van der Waals surface area contributed by atoms with Crippen molar-refractivity contribution in [3.05, 3.63) is 18.2 Å². The zero-order valence-electron chi connectivity index (χ0n) is 18.9. The van der Waals surface area contributed by atoms with Crippen LogP contribution in [0, 0.1) is 5.92 Å². The fourth-order valence-electron chi connectivity index (χ4n) is 4.34. The summed E-state index contributed by atoms with van der Waals surface area (Å²) in [7, 11) is -0.901. The van der Waals surface area contributed by atoms with Crippen molar-refractivity contribution in [2.24, 2.45) is 5.92 Å². The van der Waals surface area contributed by atoms with Crippen LogP contribution in [0.1, 0.15) is 19.8 Å². The van der Waals surface area contributed by atoms with Crippen molar-refractivity contribution in [3.8, 4) is 11.5 Å². The van der Waals surface area contributed by atoms with Crippen LogP contribution in [-0.4, -0.2) is 92.9 Å². The number of nitrogens with zero attached hydrogens (tertiary/aromatic N) is 3. The van der Waals surface area contributed by atoms with Gasteiger partial charge in [-0.3, -0.25) is 14.5 Å². The maximum absolute atomic E-state index is 13.1. The van der Waals surface area contributed by atoms with Gasteiger partial charge in [0.25, 0.3) is 5.91 Å². The van der Waals surface area contributed by atoms with E-state index in [1.165, 1.54) is 41.6 Å². The van der Waals surface area contributed by atoms with Gasteiger partial charge in [0.15, 0.2) is 11.5 Å². The second-order valence-corrected chi connectivity index (χ2v) is 10.5. The van der Waals surface area contributed by atoms with Crippen molar-refractivity contribution in [2.45, 2.75) is 30.2 Å². The van der Waals surface area contributed by atoms with Crippen LogP contribution in [0.3, 0.4) is 0 Å². The molecule has 4 rings (SSSR count). The summed E-state index contributed by atoms with van der Waals surface area (Å²) < 4.78 is 37.8. The van der Waals surface area contributed by atoms with Crippen LogP contribution in [0.2, 0.25) is 0 Å². The highest BCUT2D eigenvalue weighted by molar-refractivity contribution is 7.89. The smallest absolute Gasteiger partial charge is 0.325 e. The Hall–Kier alpha value is -2.86. The van der Waals surface area contributed by atoms with E-state index in [4.69, 9.17) is 9.47 Å². The van der Waals surface area contributed by atoms with Crippen LogP contribution in [0.15, 0.2) is 23.1 Å². The molecule has 1 aliphatic carbocycles. The van der Waals surface area contributed by atoms with Crippen molar-refractivity contribution in [1.29, 1.82) is 0 Å². The standard InChI is InChI=1S/C21H28N4O7S/c1-21(14-4-5-14)19(27)25(20(28)22-21)13-18(26)23-8-10-24(11-9-23)33(29,30)15-6-7-16(31-2)17(12-15)32-3/h6-7,12,14H,4-5,8-11,13H2,1-3H3,(H,22,28)/t21-/m0/s1. The number of carbonyl (C=O) groups is 3. The molecule has 1 saturated carbocycles. The number of methoxy groups -OCH3 is 2. The molecule has 0 spiro atoms. The summed E-state index contributed by atoms with van der Waals surface area (Å²) in [5.41, 5.74) is -0.941. The van der Waals surface area contributed by atoms with Crippen molar-refractivity contribution in [3.63, 3.8) is 0 Å². The van der Waals surface area contributed by atoms with E-state index in [0.717, 1.165) is 17.7 Å². The number of piperazine rings is 1. The lowest BCUT2D eigenvalue weighted by atomic mass is 9.96. The maximum Gasteiger partial charge on any atom is 0.325 e. The third-order valence-corrected chi connectivity index (χ3v) is 8.47. The number of ether oxygens (including phenoxy) is 2.